The van der Waals surface area contributed by atoms with E-state index in [1.165, 1.54) is 6.20 Å². The van der Waals surface area contributed by atoms with Crippen molar-refractivity contribution in [2.24, 2.45) is 0 Å². The van der Waals surface area contributed by atoms with Gasteiger partial charge in [-0.2, -0.15) is 0 Å². The van der Waals surface area contributed by atoms with Gasteiger partial charge in [-0.3, -0.25) is 4.98 Å². The smallest absolute Gasteiger partial charge is 0.198 e. The largest absolute Gasteiger partial charge is 1.00 e. The SMILES string of the molecule is Cc1ncc(Cl)cc1[NH+](O)S.[Cl-]. The van der Waals surface area contributed by atoms with E-state index in [0.29, 0.717) is 16.4 Å². The molecule has 68 valence electrons. The summed E-state index contributed by atoms with van der Waals surface area (Å²) in [6.45, 7) is 1.78. The molecule has 0 bridgehead atoms. The fraction of sp³-hybridized carbons (Fsp3) is 0.167. The van der Waals surface area contributed by atoms with Crippen LogP contribution in [0.15, 0.2) is 12.3 Å². The van der Waals surface area contributed by atoms with E-state index in [-0.39, 0.29) is 16.9 Å². The van der Waals surface area contributed by atoms with Crippen molar-refractivity contribution < 1.29 is 22.1 Å². The van der Waals surface area contributed by atoms with Gasteiger partial charge in [0.05, 0.1) is 17.8 Å². The Bertz CT molecular complexity index is 270. The summed E-state index contributed by atoms with van der Waals surface area (Å²) in [7, 11) is 0. The number of rotatable bonds is 1. The standard InChI is InChI=1S/C6H7ClN2OS.ClH/c1-4-6(9(10)11)2-5(7)3-8-4;/h2-3,10-11H,1H3;1H. The Morgan fingerprint density at radius 1 is 1.67 bits per heavy atom. The third-order valence-electron chi connectivity index (χ3n) is 1.29. The fourth-order valence-corrected chi connectivity index (χ4v) is 1.12. The third kappa shape index (κ3) is 2.80. The van der Waals surface area contributed by atoms with Crippen molar-refractivity contribution in [3.63, 3.8) is 0 Å². The summed E-state index contributed by atoms with van der Waals surface area (Å²) in [5.74, 6) is 0. The molecule has 1 aromatic heterocycles. The highest BCUT2D eigenvalue weighted by molar-refractivity contribution is 7.73. The van der Waals surface area contributed by atoms with Crippen molar-refractivity contribution in [2.45, 2.75) is 6.92 Å². The van der Waals surface area contributed by atoms with Gasteiger partial charge in [0.1, 0.15) is 5.69 Å². The lowest BCUT2D eigenvalue weighted by Gasteiger charge is -2.03. The van der Waals surface area contributed by atoms with E-state index in [4.69, 9.17) is 16.8 Å². The number of halogens is 2. The Balaban J connectivity index is 0.00000121. The van der Waals surface area contributed by atoms with Gasteiger partial charge in [0.2, 0.25) is 0 Å². The third-order valence-corrected chi connectivity index (χ3v) is 1.74. The fourth-order valence-electron chi connectivity index (χ4n) is 0.734. The van der Waals surface area contributed by atoms with E-state index < -0.39 is 0 Å². The van der Waals surface area contributed by atoms with Gasteiger partial charge in [-0.25, -0.2) is 5.21 Å². The molecule has 3 nitrogen and oxygen atoms in total. The minimum Gasteiger partial charge on any atom is -1.00 e. The van der Waals surface area contributed by atoms with Crippen molar-refractivity contribution in [1.82, 2.24) is 4.98 Å². The first-order valence-electron chi connectivity index (χ1n) is 2.98. The van der Waals surface area contributed by atoms with E-state index in [9.17, 15) is 0 Å². The van der Waals surface area contributed by atoms with Gasteiger partial charge >= 0.3 is 0 Å². The van der Waals surface area contributed by atoms with E-state index in [2.05, 4.69) is 17.8 Å². The molecule has 0 fully saturated rings. The predicted molar refractivity (Wildman–Crippen MR) is 45.4 cm³/mol. The molecule has 0 saturated heterocycles. The van der Waals surface area contributed by atoms with Gasteiger partial charge in [0.15, 0.2) is 5.69 Å². The van der Waals surface area contributed by atoms with Gasteiger partial charge in [-0.05, 0) is 6.92 Å². The molecular weight excluding hydrogens is 219 g/mol. The molecule has 0 spiro atoms. The predicted octanol–water partition coefficient (Wildman–Crippen LogP) is -2.20. The van der Waals surface area contributed by atoms with E-state index in [0.717, 1.165) is 0 Å². The normalized spacial score (nSPS) is 12.0. The number of hydrogen-bond acceptors (Lipinski definition) is 3. The van der Waals surface area contributed by atoms with Crippen LogP contribution in [0.2, 0.25) is 5.02 Å². The number of thiol groups is 1. The Morgan fingerprint density at radius 3 is 2.67 bits per heavy atom. The van der Waals surface area contributed by atoms with Crippen molar-refractivity contribution in [1.29, 1.82) is 0 Å². The molecule has 0 aliphatic heterocycles. The quantitative estimate of drug-likeness (QED) is 0.376. The van der Waals surface area contributed by atoms with E-state index in [1.54, 1.807) is 13.0 Å². The molecule has 1 atom stereocenters. The monoisotopic (exact) mass is 226 g/mol. The summed E-state index contributed by atoms with van der Waals surface area (Å²) in [6, 6.07) is 1.62. The summed E-state index contributed by atoms with van der Waals surface area (Å²) in [4.78, 5) is 3.94. The summed E-state index contributed by atoms with van der Waals surface area (Å²) in [5.41, 5.74) is 1.28. The maximum Gasteiger partial charge on any atom is 0.198 e. The number of aryl methyl sites for hydroxylation is 1. The number of hydrogen-bond donors (Lipinski definition) is 3. The number of pyridine rings is 1. The van der Waals surface area contributed by atoms with Crippen LogP contribution >= 0.6 is 24.4 Å². The van der Waals surface area contributed by atoms with Crippen molar-refractivity contribution in [2.75, 3.05) is 0 Å². The minimum atomic E-state index is -0.0579. The lowest BCUT2D eigenvalue weighted by atomic mass is 10.3. The van der Waals surface area contributed by atoms with Crippen molar-refractivity contribution in [3.05, 3.63) is 23.0 Å². The molecule has 0 aliphatic carbocycles. The Hall–Kier alpha value is -0.000000000000000167. The lowest BCUT2D eigenvalue weighted by molar-refractivity contribution is -0.910. The van der Waals surface area contributed by atoms with Crippen LogP contribution < -0.4 is 16.9 Å². The first-order valence-corrected chi connectivity index (χ1v) is 3.81. The zero-order valence-electron chi connectivity index (χ0n) is 6.25. The van der Waals surface area contributed by atoms with E-state index in [1.807, 2.05) is 0 Å². The number of aromatic nitrogens is 1. The second-order valence-electron chi connectivity index (χ2n) is 2.11. The lowest BCUT2D eigenvalue weighted by Crippen LogP contribution is -3.00. The highest BCUT2D eigenvalue weighted by atomic mass is 35.5. The van der Waals surface area contributed by atoms with Crippen molar-refractivity contribution >= 4 is 30.1 Å². The first kappa shape index (κ1) is 12.0. The Morgan fingerprint density at radius 2 is 2.25 bits per heavy atom. The minimum absolute atomic E-state index is 0. The van der Waals surface area contributed by atoms with Gasteiger partial charge in [-0.15, -0.1) is 4.47 Å². The van der Waals surface area contributed by atoms with Crippen LogP contribution in [-0.4, -0.2) is 10.2 Å². The molecule has 1 aromatic rings. The van der Waals surface area contributed by atoms with Crippen LogP contribution in [0, 0.1) is 6.92 Å². The molecule has 0 saturated carbocycles. The van der Waals surface area contributed by atoms with Crippen LogP contribution in [0.25, 0.3) is 0 Å². The maximum absolute atomic E-state index is 9.01. The molecule has 1 unspecified atom stereocenters. The van der Waals surface area contributed by atoms with Gasteiger partial charge < -0.3 is 12.4 Å². The maximum atomic E-state index is 9.01. The Kier molecular flexibility index (Phi) is 4.89. The zero-order valence-corrected chi connectivity index (χ0v) is 8.66. The van der Waals surface area contributed by atoms with Crippen LogP contribution in [-0.2, 0) is 0 Å². The number of nitrogens with zero attached hydrogens (tertiary/aromatic N) is 1. The Labute approximate surface area is 87.3 Å². The molecular formula is C6H8Cl2N2OS. The van der Waals surface area contributed by atoms with Crippen LogP contribution in [0.3, 0.4) is 0 Å². The molecule has 0 aliphatic rings. The molecule has 1 heterocycles. The molecule has 12 heavy (non-hydrogen) atoms. The summed E-state index contributed by atoms with van der Waals surface area (Å²) in [5, 5.41) is 9.50. The first-order chi connectivity index (χ1) is 5.11. The van der Waals surface area contributed by atoms with Crippen molar-refractivity contribution in [3.8, 4) is 0 Å². The van der Waals surface area contributed by atoms with Gasteiger partial charge in [0, 0.05) is 12.3 Å². The number of quaternary nitrogens is 1. The second-order valence-corrected chi connectivity index (χ2v) is 2.97. The topological polar surface area (TPSA) is 37.6 Å². The van der Waals surface area contributed by atoms with Crippen LogP contribution in [0.5, 0.6) is 0 Å². The molecule has 0 amide bonds. The zero-order chi connectivity index (χ0) is 8.43. The average molecular weight is 227 g/mol. The summed E-state index contributed by atoms with van der Waals surface area (Å²) < 4.78 is -0.0579. The highest BCUT2D eigenvalue weighted by Gasteiger charge is 2.09. The molecule has 2 N–H and O–H groups in total. The second kappa shape index (κ2) is 4.89. The summed E-state index contributed by atoms with van der Waals surface area (Å²) >= 11 is 9.42. The highest BCUT2D eigenvalue weighted by Crippen LogP contribution is 2.13. The summed E-state index contributed by atoms with van der Waals surface area (Å²) in [6.07, 6.45) is 1.52. The molecule has 1 rings (SSSR count). The van der Waals surface area contributed by atoms with Gasteiger partial charge in [-0.1, -0.05) is 11.6 Å². The molecule has 0 aromatic carbocycles. The molecule has 0 radical (unpaired) electrons. The van der Waals surface area contributed by atoms with Crippen LogP contribution in [0.1, 0.15) is 5.69 Å². The molecule has 6 heteroatoms. The van der Waals surface area contributed by atoms with E-state index >= 15 is 0 Å². The van der Waals surface area contributed by atoms with Crippen LogP contribution in [0.4, 0.5) is 5.69 Å². The van der Waals surface area contributed by atoms with Gasteiger partial charge in [0.25, 0.3) is 0 Å². The number of nitrogens with one attached hydrogen (secondary N) is 1. The average Bonchev–Trinajstić information content (AvgIpc) is 1.94.